The van der Waals surface area contributed by atoms with Gasteiger partial charge >= 0.3 is 0 Å². The fourth-order valence-corrected chi connectivity index (χ4v) is 2.42. The number of halogens is 2. The third kappa shape index (κ3) is 2.95. The average molecular weight is 390 g/mol. The lowest BCUT2D eigenvalue weighted by atomic mass is 10.2. The number of hydrogen-bond acceptors (Lipinski definition) is 1. The van der Waals surface area contributed by atoms with E-state index < -0.39 is 0 Å². The molecule has 16 heavy (non-hydrogen) atoms. The zero-order valence-corrected chi connectivity index (χ0v) is 12.1. The molecular formula is C12H9BrINO. The van der Waals surface area contributed by atoms with Crippen molar-refractivity contribution >= 4 is 38.5 Å². The van der Waals surface area contributed by atoms with E-state index in [9.17, 15) is 4.79 Å². The van der Waals surface area contributed by atoms with Crippen molar-refractivity contribution in [1.29, 1.82) is 0 Å². The molecule has 1 aromatic carbocycles. The molecule has 0 N–H and O–H groups in total. The average Bonchev–Trinajstić information content (AvgIpc) is 2.24. The maximum absolute atomic E-state index is 11.6. The van der Waals surface area contributed by atoms with Crippen LogP contribution in [-0.2, 0) is 6.54 Å². The van der Waals surface area contributed by atoms with Crippen LogP contribution in [0.3, 0.4) is 0 Å². The molecule has 1 heterocycles. The number of pyridine rings is 1. The first-order valence-corrected chi connectivity index (χ1v) is 6.63. The molecule has 2 nitrogen and oxygen atoms in total. The lowest BCUT2D eigenvalue weighted by Crippen LogP contribution is -2.19. The molecule has 0 radical (unpaired) electrons. The SMILES string of the molecule is O=c1ccc(I)cn1Cc1cccc(Br)c1. The summed E-state index contributed by atoms with van der Waals surface area (Å²) in [5.41, 5.74) is 1.14. The highest BCUT2D eigenvalue weighted by molar-refractivity contribution is 14.1. The van der Waals surface area contributed by atoms with Crippen LogP contribution in [0.15, 0.2) is 51.9 Å². The van der Waals surface area contributed by atoms with Gasteiger partial charge in [0.2, 0.25) is 0 Å². The zero-order valence-electron chi connectivity index (χ0n) is 8.36. The van der Waals surface area contributed by atoms with Gasteiger partial charge in [-0.05, 0) is 46.4 Å². The summed E-state index contributed by atoms with van der Waals surface area (Å²) < 4.78 is 3.81. The highest BCUT2D eigenvalue weighted by Crippen LogP contribution is 2.12. The van der Waals surface area contributed by atoms with Crippen molar-refractivity contribution in [2.75, 3.05) is 0 Å². The summed E-state index contributed by atoms with van der Waals surface area (Å²) in [6.07, 6.45) is 1.86. The molecule has 0 saturated heterocycles. The second-order valence-corrected chi connectivity index (χ2v) is 5.60. The summed E-state index contributed by atoms with van der Waals surface area (Å²) in [4.78, 5) is 11.6. The van der Waals surface area contributed by atoms with Gasteiger partial charge in [0.05, 0.1) is 6.54 Å². The van der Waals surface area contributed by atoms with Gasteiger partial charge in [-0.3, -0.25) is 4.79 Å². The van der Waals surface area contributed by atoms with Gasteiger partial charge in [-0.25, -0.2) is 0 Å². The predicted octanol–water partition coefficient (Wildman–Crippen LogP) is 3.26. The second kappa shape index (κ2) is 5.14. The minimum Gasteiger partial charge on any atom is -0.310 e. The van der Waals surface area contributed by atoms with Crippen LogP contribution in [0.25, 0.3) is 0 Å². The fourth-order valence-electron chi connectivity index (χ4n) is 1.46. The minimum absolute atomic E-state index is 0.0281. The Hall–Kier alpha value is -0.620. The predicted molar refractivity (Wildman–Crippen MR) is 76.7 cm³/mol. The number of rotatable bonds is 2. The van der Waals surface area contributed by atoms with Gasteiger partial charge in [0.1, 0.15) is 0 Å². The molecule has 0 atom stereocenters. The van der Waals surface area contributed by atoms with Crippen LogP contribution >= 0.6 is 38.5 Å². The zero-order chi connectivity index (χ0) is 11.5. The third-order valence-corrected chi connectivity index (χ3v) is 3.32. The molecule has 0 bridgehead atoms. The first-order valence-electron chi connectivity index (χ1n) is 4.75. The molecule has 0 fully saturated rings. The molecule has 0 spiro atoms. The second-order valence-electron chi connectivity index (χ2n) is 3.44. The maximum atomic E-state index is 11.6. The molecule has 0 amide bonds. The first kappa shape index (κ1) is 11.9. The Morgan fingerprint density at radius 3 is 2.81 bits per heavy atom. The van der Waals surface area contributed by atoms with Crippen molar-refractivity contribution < 1.29 is 0 Å². The first-order chi connectivity index (χ1) is 7.65. The maximum Gasteiger partial charge on any atom is 0.250 e. The Balaban J connectivity index is 2.34. The van der Waals surface area contributed by atoms with Gasteiger partial charge in [-0.15, -0.1) is 0 Å². The van der Waals surface area contributed by atoms with Crippen molar-refractivity contribution in [1.82, 2.24) is 4.57 Å². The lowest BCUT2D eigenvalue weighted by molar-refractivity contribution is 0.755. The van der Waals surface area contributed by atoms with E-state index >= 15 is 0 Å². The van der Waals surface area contributed by atoms with Crippen LogP contribution in [0.5, 0.6) is 0 Å². The Kier molecular flexibility index (Phi) is 3.81. The normalized spacial score (nSPS) is 10.4. The molecule has 0 aliphatic carbocycles. The van der Waals surface area contributed by atoms with E-state index in [1.54, 1.807) is 10.6 Å². The van der Waals surface area contributed by atoms with Crippen molar-refractivity contribution in [3.63, 3.8) is 0 Å². The largest absolute Gasteiger partial charge is 0.310 e. The summed E-state index contributed by atoms with van der Waals surface area (Å²) in [6.45, 7) is 0.606. The highest BCUT2D eigenvalue weighted by atomic mass is 127. The molecule has 1 aromatic heterocycles. The van der Waals surface area contributed by atoms with E-state index in [1.165, 1.54) is 0 Å². The summed E-state index contributed by atoms with van der Waals surface area (Å²) in [7, 11) is 0. The minimum atomic E-state index is 0.0281. The van der Waals surface area contributed by atoms with E-state index in [4.69, 9.17) is 0 Å². The smallest absolute Gasteiger partial charge is 0.250 e. The standard InChI is InChI=1S/C12H9BrINO/c13-10-3-1-2-9(6-10)7-15-8-11(14)4-5-12(15)16/h1-6,8H,7H2. The Labute approximate surface area is 116 Å². The highest BCUT2D eigenvalue weighted by Gasteiger charge is 1.99. The van der Waals surface area contributed by atoms with E-state index in [2.05, 4.69) is 38.5 Å². The van der Waals surface area contributed by atoms with Crippen LogP contribution in [0.2, 0.25) is 0 Å². The van der Waals surface area contributed by atoms with Gasteiger partial charge in [-0.2, -0.15) is 0 Å². The summed E-state index contributed by atoms with van der Waals surface area (Å²) in [5.74, 6) is 0. The molecule has 0 saturated carbocycles. The van der Waals surface area contributed by atoms with Crippen molar-refractivity contribution in [2.45, 2.75) is 6.54 Å². The van der Waals surface area contributed by atoms with Crippen molar-refractivity contribution in [3.8, 4) is 0 Å². The Morgan fingerprint density at radius 2 is 2.06 bits per heavy atom. The Bertz CT molecular complexity index is 565. The molecule has 0 unspecified atom stereocenters. The third-order valence-electron chi connectivity index (χ3n) is 2.19. The quantitative estimate of drug-likeness (QED) is 0.722. The van der Waals surface area contributed by atoms with E-state index in [-0.39, 0.29) is 5.56 Å². The topological polar surface area (TPSA) is 22.0 Å². The van der Waals surface area contributed by atoms with Crippen LogP contribution in [0, 0.1) is 3.57 Å². The van der Waals surface area contributed by atoms with Crippen LogP contribution < -0.4 is 5.56 Å². The Morgan fingerprint density at radius 1 is 1.25 bits per heavy atom. The van der Waals surface area contributed by atoms with Crippen LogP contribution in [0.4, 0.5) is 0 Å². The van der Waals surface area contributed by atoms with Gasteiger partial charge in [-0.1, -0.05) is 28.1 Å². The van der Waals surface area contributed by atoms with Crippen LogP contribution in [-0.4, -0.2) is 4.57 Å². The molecule has 0 aliphatic rings. The van der Waals surface area contributed by atoms with Gasteiger partial charge in [0.15, 0.2) is 0 Å². The van der Waals surface area contributed by atoms with Crippen molar-refractivity contribution in [3.05, 3.63) is 66.6 Å². The van der Waals surface area contributed by atoms with Crippen LogP contribution in [0.1, 0.15) is 5.56 Å². The summed E-state index contributed by atoms with van der Waals surface area (Å²) in [5, 5.41) is 0. The number of hydrogen-bond donors (Lipinski definition) is 0. The van der Waals surface area contributed by atoms with Gasteiger partial charge in [0.25, 0.3) is 5.56 Å². The lowest BCUT2D eigenvalue weighted by Gasteiger charge is -2.06. The van der Waals surface area contributed by atoms with Gasteiger partial charge < -0.3 is 4.57 Å². The fraction of sp³-hybridized carbons (Fsp3) is 0.0833. The molecule has 2 aromatic rings. The molecule has 0 aliphatic heterocycles. The van der Waals surface area contributed by atoms with Gasteiger partial charge in [0, 0.05) is 20.3 Å². The number of nitrogens with zero attached hydrogens (tertiary/aromatic N) is 1. The number of benzene rings is 1. The molecule has 82 valence electrons. The molecular weight excluding hydrogens is 381 g/mol. The van der Waals surface area contributed by atoms with E-state index in [0.717, 1.165) is 13.6 Å². The monoisotopic (exact) mass is 389 g/mol. The summed E-state index contributed by atoms with van der Waals surface area (Å²) >= 11 is 5.62. The summed E-state index contributed by atoms with van der Waals surface area (Å²) in [6, 6.07) is 11.4. The number of aromatic nitrogens is 1. The molecule has 2 rings (SSSR count). The van der Waals surface area contributed by atoms with E-state index in [1.807, 2.05) is 36.5 Å². The van der Waals surface area contributed by atoms with Crippen molar-refractivity contribution in [2.24, 2.45) is 0 Å². The molecule has 4 heteroatoms. The van der Waals surface area contributed by atoms with E-state index in [0.29, 0.717) is 6.54 Å².